The summed E-state index contributed by atoms with van der Waals surface area (Å²) in [6.45, 7) is 0. The van der Waals surface area contributed by atoms with Crippen molar-refractivity contribution in [1.82, 2.24) is 0 Å². The van der Waals surface area contributed by atoms with Crippen LogP contribution in [0.5, 0.6) is 0 Å². The van der Waals surface area contributed by atoms with E-state index in [0.29, 0.717) is 6.42 Å². The Bertz CT molecular complexity index is 169. The summed E-state index contributed by atoms with van der Waals surface area (Å²) in [5.74, 6) is 0.229. The van der Waals surface area contributed by atoms with Crippen molar-refractivity contribution in [1.29, 1.82) is 0 Å². The summed E-state index contributed by atoms with van der Waals surface area (Å²) in [7, 11) is 0. The van der Waals surface area contributed by atoms with Gasteiger partial charge in [0.1, 0.15) is 5.76 Å². The molecule has 0 radical (unpaired) electrons. The van der Waals surface area contributed by atoms with E-state index in [1.54, 1.807) is 0 Å². The van der Waals surface area contributed by atoms with Gasteiger partial charge in [-0.1, -0.05) is 0 Å². The van der Waals surface area contributed by atoms with Crippen LogP contribution < -0.4 is 0 Å². The third-order valence-corrected chi connectivity index (χ3v) is 0.952. The molecule has 0 saturated carbocycles. The molecule has 1 aliphatic carbocycles. The van der Waals surface area contributed by atoms with Crippen molar-refractivity contribution < 1.29 is 29.4 Å². The predicted molar refractivity (Wildman–Crippen MR) is 48.7 cm³/mol. The number of ketones is 1. The average Bonchev–Trinajstić information content (AvgIpc) is 1.77. The molecule has 72 valence electrons. The number of aliphatic hydroxyl groups excluding tert-OH is 1. The Kier molecular flexibility index (Phi) is 19.9. The molecule has 0 saturated heterocycles. The molecule has 0 aromatic heterocycles. The van der Waals surface area contributed by atoms with E-state index < -0.39 is 0 Å². The molecule has 2 nitrogen and oxygen atoms in total. The molecular formula is C9H15O2Rh. The van der Waals surface area contributed by atoms with E-state index in [1.165, 1.54) is 18.2 Å². The van der Waals surface area contributed by atoms with Gasteiger partial charge in [-0.25, -0.2) is 0 Å². The zero-order valence-electron chi connectivity index (χ0n) is 7.63. The Balaban J connectivity index is -0.0000000800. The summed E-state index contributed by atoms with van der Waals surface area (Å²) >= 11 is 0. The molecule has 0 fully saturated rings. The third-order valence-electron chi connectivity index (χ3n) is 0.952. The molecule has 12 heavy (non-hydrogen) atoms. The summed E-state index contributed by atoms with van der Waals surface area (Å²) in [5, 5.41) is 8.65. The van der Waals surface area contributed by atoms with Crippen LogP contribution in [-0.2, 0) is 24.3 Å². The van der Waals surface area contributed by atoms with E-state index in [9.17, 15) is 4.79 Å². The number of carbonyl (C=O) groups is 1. The minimum absolute atomic E-state index is 0. The first-order valence-electron chi connectivity index (χ1n) is 2.39. The molecule has 1 rings (SSSR count). The smallest absolute Gasteiger partial charge is 0.508 e. The normalized spacial score (nSPS) is 12.3. The number of rotatable bonds is 0. The summed E-state index contributed by atoms with van der Waals surface area (Å²) in [6, 6.07) is 0. The van der Waals surface area contributed by atoms with Gasteiger partial charge in [-0.2, -0.15) is 0 Å². The molecule has 0 heterocycles. The molecule has 0 aliphatic heterocycles. The zero-order chi connectivity index (χ0) is 5.98. The van der Waals surface area contributed by atoms with Gasteiger partial charge < -0.3 is 27.4 Å². The second kappa shape index (κ2) is 10.6. The van der Waals surface area contributed by atoms with Gasteiger partial charge in [0.2, 0.25) is 0 Å². The number of aliphatic hydroxyl groups is 1. The van der Waals surface area contributed by atoms with Gasteiger partial charge >= 0.3 is 19.5 Å². The van der Waals surface area contributed by atoms with Crippen LogP contribution in [-0.4, -0.2) is 10.9 Å². The molecule has 0 amide bonds. The first kappa shape index (κ1) is 22.6. The van der Waals surface area contributed by atoms with Crippen molar-refractivity contribution in [2.45, 2.75) is 6.42 Å². The monoisotopic (exact) mass is 258 g/mol. The molecule has 0 unspecified atom stereocenters. The maximum absolute atomic E-state index is 10.4. The first-order valence-corrected chi connectivity index (χ1v) is 2.39. The number of hydrogen-bond acceptors (Lipinski definition) is 2. The van der Waals surface area contributed by atoms with E-state index in [1.807, 2.05) is 0 Å². The molecule has 0 bridgehead atoms. The van der Waals surface area contributed by atoms with Gasteiger partial charge in [-0.15, -0.1) is 0 Å². The van der Waals surface area contributed by atoms with E-state index in [4.69, 9.17) is 5.11 Å². The third kappa shape index (κ3) is 7.68. The van der Waals surface area contributed by atoms with E-state index in [-0.39, 0.29) is 53.3 Å². The second-order valence-corrected chi connectivity index (χ2v) is 1.63. The van der Waals surface area contributed by atoms with Crippen LogP contribution in [0.2, 0.25) is 0 Å². The Morgan fingerprint density at radius 3 is 1.92 bits per heavy atom. The standard InChI is InChI=1S/C6H6O2.3CH3.Rh/c7-5-1-2-6(8)4-3-5;;;;/h1-3,7H,4H2;3*1H3;/q;3*-1;+3. The van der Waals surface area contributed by atoms with Crippen molar-refractivity contribution in [3.63, 3.8) is 0 Å². The zero-order valence-corrected chi connectivity index (χ0v) is 9.27. The first-order chi connectivity index (χ1) is 3.79. The molecule has 0 spiro atoms. The predicted octanol–water partition coefficient (Wildman–Crippen LogP) is 2.31. The average molecular weight is 258 g/mol. The molecule has 3 heteroatoms. The van der Waals surface area contributed by atoms with E-state index in [0.717, 1.165) is 0 Å². The van der Waals surface area contributed by atoms with Crippen molar-refractivity contribution in [3.05, 3.63) is 46.3 Å². The van der Waals surface area contributed by atoms with Crippen LogP contribution in [0, 0.1) is 22.3 Å². The maximum atomic E-state index is 10.4. The molecule has 0 aromatic rings. The minimum Gasteiger partial charge on any atom is -0.508 e. The van der Waals surface area contributed by atoms with Crippen LogP contribution in [0.15, 0.2) is 24.0 Å². The quantitative estimate of drug-likeness (QED) is 0.534. The van der Waals surface area contributed by atoms with Crippen molar-refractivity contribution in [2.24, 2.45) is 0 Å². The summed E-state index contributed by atoms with van der Waals surface area (Å²) < 4.78 is 0. The Morgan fingerprint density at radius 2 is 1.67 bits per heavy atom. The topological polar surface area (TPSA) is 37.3 Å². The van der Waals surface area contributed by atoms with Gasteiger partial charge in [0.05, 0.1) is 0 Å². The number of carbonyl (C=O) groups excluding carboxylic acids is 1. The van der Waals surface area contributed by atoms with Gasteiger partial charge in [-0.3, -0.25) is 4.79 Å². The molecule has 0 atom stereocenters. The summed E-state index contributed by atoms with van der Waals surface area (Å²) in [4.78, 5) is 10.4. The molecule has 1 N–H and O–H groups in total. The van der Waals surface area contributed by atoms with Crippen molar-refractivity contribution in [3.8, 4) is 0 Å². The van der Waals surface area contributed by atoms with Crippen molar-refractivity contribution >= 4 is 5.78 Å². The largest absolute Gasteiger partial charge is 3.00 e. The summed E-state index contributed by atoms with van der Waals surface area (Å²) in [6.07, 6.45) is 4.59. The van der Waals surface area contributed by atoms with Gasteiger partial charge in [0.15, 0.2) is 5.78 Å². The minimum atomic E-state index is 0. The van der Waals surface area contributed by atoms with Crippen LogP contribution in [0.4, 0.5) is 0 Å². The summed E-state index contributed by atoms with van der Waals surface area (Å²) in [5.41, 5.74) is 0. The number of hydrogen-bond donors (Lipinski definition) is 1. The van der Waals surface area contributed by atoms with E-state index >= 15 is 0 Å². The van der Waals surface area contributed by atoms with Crippen LogP contribution >= 0.6 is 0 Å². The van der Waals surface area contributed by atoms with Crippen molar-refractivity contribution in [2.75, 3.05) is 0 Å². The number of allylic oxidation sites excluding steroid dienone is 3. The fourth-order valence-electron chi connectivity index (χ4n) is 0.520. The van der Waals surface area contributed by atoms with Gasteiger partial charge in [0.25, 0.3) is 0 Å². The molecule has 1 aliphatic rings. The fourth-order valence-corrected chi connectivity index (χ4v) is 0.520. The molecular weight excluding hydrogens is 243 g/mol. The van der Waals surface area contributed by atoms with Crippen LogP contribution in [0.1, 0.15) is 6.42 Å². The van der Waals surface area contributed by atoms with Crippen LogP contribution in [0.3, 0.4) is 0 Å². The Morgan fingerprint density at radius 1 is 1.17 bits per heavy atom. The molecule has 0 aromatic carbocycles. The SMILES string of the molecule is O=C1C=CC(O)=CC1.[CH3-].[CH3-].[CH3-].[Rh+3]. The Labute approximate surface area is 88.1 Å². The maximum Gasteiger partial charge on any atom is 3.00 e. The van der Waals surface area contributed by atoms with Gasteiger partial charge in [0, 0.05) is 6.42 Å². The van der Waals surface area contributed by atoms with Gasteiger partial charge in [-0.05, 0) is 18.2 Å². The van der Waals surface area contributed by atoms with Crippen LogP contribution in [0.25, 0.3) is 0 Å². The fraction of sp³-hybridized carbons (Fsp3) is 0.111. The Hall–Kier alpha value is -0.427. The second-order valence-electron chi connectivity index (χ2n) is 1.63. The van der Waals surface area contributed by atoms with E-state index in [2.05, 4.69) is 0 Å².